The highest BCUT2D eigenvalue weighted by Gasteiger charge is 2.20. The van der Waals surface area contributed by atoms with E-state index in [-0.39, 0.29) is 5.92 Å². The Morgan fingerprint density at radius 2 is 1.97 bits per heavy atom. The number of nitrogens with one attached hydrogen (secondary N) is 1. The van der Waals surface area contributed by atoms with Gasteiger partial charge in [0.1, 0.15) is 5.82 Å². The Bertz CT molecular complexity index is 944. The molecule has 1 aromatic carbocycles. The standard InChI is InChI=1S/C23H29N5O/c1-16(2)22-26-23(29-27-22)18-8-11-24-21(14-18)25-20-9-12-28(13-10-20)15-19-7-5-4-6-17(19)3/h4-8,11,14,16,20H,9-10,12-13,15H2,1-3H3,(H,24,25). The minimum atomic E-state index is 0.247. The second kappa shape index (κ2) is 8.74. The van der Waals surface area contributed by atoms with Crippen LogP contribution in [0, 0.1) is 6.92 Å². The molecule has 0 aliphatic carbocycles. The smallest absolute Gasteiger partial charge is 0.258 e. The fourth-order valence-electron chi connectivity index (χ4n) is 3.70. The van der Waals surface area contributed by atoms with Crippen LogP contribution in [-0.4, -0.2) is 39.2 Å². The van der Waals surface area contributed by atoms with E-state index in [2.05, 4.69) is 70.4 Å². The molecule has 1 N–H and O–H groups in total. The Morgan fingerprint density at radius 3 is 2.69 bits per heavy atom. The molecule has 4 rings (SSSR count). The molecular weight excluding hydrogens is 362 g/mol. The number of pyridine rings is 1. The normalized spacial score (nSPS) is 15.7. The van der Waals surface area contributed by atoms with Gasteiger partial charge in [0.05, 0.1) is 0 Å². The number of anilines is 1. The number of rotatable bonds is 6. The van der Waals surface area contributed by atoms with Crippen LogP contribution >= 0.6 is 0 Å². The van der Waals surface area contributed by atoms with Crippen molar-refractivity contribution in [2.45, 2.75) is 52.1 Å². The largest absolute Gasteiger partial charge is 0.367 e. The highest BCUT2D eigenvalue weighted by molar-refractivity contribution is 5.58. The van der Waals surface area contributed by atoms with Gasteiger partial charge in [-0.2, -0.15) is 4.98 Å². The number of aryl methyl sites for hydroxylation is 1. The lowest BCUT2D eigenvalue weighted by molar-refractivity contribution is 0.211. The van der Waals surface area contributed by atoms with Crippen molar-refractivity contribution in [2.75, 3.05) is 18.4 Å². The highest BCUT2D eigenvalue weighted by atomic mass is 16.5. The Labute approximate surface area is 172 Å². The maximum absolute atomic E-state index is 5.41. The molecular formula is C23H29N5O. The number of benzene rings is 1. The fraction of sp³-hybridized carbons (Fsp3) is 0.435. The van der Waals surface area contributed by atoms with Crippen LogP contribution in [0.15, 0.2) is 47.1 Å². The van der Waals surface area contributed by atoms with Crippen LogP contribution in [0.3, 0.4) is 0 Å². The van der Waals surface area contributed by atoms with Gasteiger partial charge >= 0.3 is 0 Å². The first-order valence-electron chi connectivity index (χ1n) is 10.4. The molecule has 6 nitrogen and oxygen atoms in total. The number of aromatic nitrogens is 3. The van der Waals surface area contributed by atoms with Gasteiger partial charge in [0.25, 0.3) is 5.89 Å². The van der Waals surface area contributed by atoms with E-state index in [9.17, 15) is 0 Å². The zero-order chi connectivity index (χ0) is 20.2. The van der Waals surface area contributed by atoms with Gasteiger partial charge in [0.2, 0.25) is 0 Å². The van der Waals surface area contributed by atoms with Crippen molar-refractivity contribution in [3.8, 4) is 11.5 Å². The minimum absolute atomic E-state index is 0.247. The number of likely N-dealkylation sites (tertiary alicyclic amines) is 1. The predicted octanol–water partition coefficient (Wildman–Crippen LogP) is 4.64. The van der Waals surface area contributed by atoms with Crippen LogP contribution < -0.4 is 5.32 Å². The lowest BCUT2D eigenvalue weighted by Gasteiger charge is -2.33. The third kappa shape index (κ3) is 4.82. The number of hydrogen-bond donors (Lipinski definition) is 1. The summed E-state index contributed by atoms with van der Waals surface area (Å²) in [6.07, 6.45) is 4.01. The zero-order valence-electron chi connectivity index (χ0n) is 17.4. The van der Waals surface area contributed by atoms with E-state index in [0.717, 1.165) is 49.7 Å². The number of hydrogen-bond acceptors (Lipinski definition) is 6. The Hall–Kier alpha value is -2.73. The maximum Gasteiger partial charge on any atom is 0.258 e. The molecule has 2 aromatic heterocycles. The van der Waals surface area contributed by atoms with Gasteiger partial charge in [0.15, 0.2) is 5.82 Å². The van der Waals surface area contributed by atoms with Crippen molar-refractivity contribution in [1.29, 1.82) is 0 Å². The highest BCUT2D eigenvalue weighted by Crippen LogP contribution is 2.23. The third-order valence-corrected chi connectivity index (χ3v) is 5.56. The Balaban J connectivity index is 1.34. The van der Waals surface area contributed by atoms with Crippen molar-refractivity contribution < 1.29 is 4.52 Å². The molecule has 0 atom stereocenters. The summed E-state index contributed by atoms with van der Waals surface area (Å²) in [7, 11) is 0. The van der Waals surface area contributed by atoms with Crippen LogP contribution in [0.1, 0.15) is 49.6 Å². The second-order valence-corrected chi connectivity index (χ2v) is 8.16. The summed E-state index contributed by atoms with van der Waals surface area (Å²) in [5.74, 6) is 2.39. The van der Waals surface area contributed by atoms with Crippen LogP contribution in [0.2, 0.25) is 0 Å². The molecule has 1 saturated heterocycles. The first kappa shape index (κ1) is 19.6. The summed E-state index contributed by atoms with van der Waals surface area (Å²) in [4.78, 5) is 11.5. The Kier molecular flexibility index (Phi) is 5.90. The number of nitrogens with zero attached hydrogens (tertiary/aromatic N) is 4. The topological polar surface area (TPSA) is 67.1 Å². The number of piperidine rings is 1. The molecule has 1 aliphatic rings. The van der Waals surface area contributed by atoms with Crippen molar-refractivity contribution in [1.82, 2.24) is 20.0 Å². The van der Waals surface area contributed by atoms with E-state index < -0.39 is 0 Å². The summed E-state index contributed by atoms with van der Waals surface area (Å²) in [5, 5.41) is 7.64. The van der Waals surface area contributed by atoms with E-state index in [1.807, 2.05) is 12.1 Å². The van der Waals surface area contributed by atoms with E-state index >= 15 is 0 Å². The summed E-state index contributed by atoms with van der Waals surface area (Å²) in [5.41, 5.74) is 3.70. The molecule has 29 heavy (non-hydrogen) atoms. The summed E-state index contributed by atoms with van der Waals surface area (Å²) in [6, 6.07) is 13.0. The first-order chi connectivity index (χ1) is 14.1. The molecule has 3 heterocycles. The molecule has 0 bridgehead atoms. The van der Waals surface area contributed by atoms with Gasteiger partial charge in [-0.25, -0.2) is 4.98 Å². The molecule has 1 aliphatic heterocycles. The Morgan fingerprint density at radius 1 is 1.17 bits per heavy atom. The second-order valence-electron chi connectivity index (χ2n) is 8.16. The van der Waals surface area contributed by atoms with Gasteiger partial charge < -0.3 is 9.84 Å². The molecule has 152 valence electrons. The first-order valence-corrected chi connectivity index (χ1v) is 10.4. The fourth-order valence-corrected chi connectivity index (χ4v) is 3.70. The SMILES string of the molecule is Cc1ccccc1CN1CCC(Nc2cc(-c3nc(C(C)C)no3)ccn2)CC1. The summed E-state index contributed by atoms with van der Waals surface area (Å²) in [6.45, 7) is 9.51. The monoisotopic (exact) mass is 391 g/mol. The van der Waals surface area contributed by atoms with Crippen LogP contribution in [0.5, 0.6) is 0 Å². The molecule has 6 heteroatoms. The van der Waals surface area contributed by atoms with Crippen molar-refractivity contribution in [3.05, 3.63) is 59.5 Å². The van der Waals surface area contributed by atoms with Crippen LogP contribution in [0.25, 0.3) is 11.5 Å². The van der Waals surface area contributed by atoms with Crippen molar-refractivity contribution in [3.63, 3.8) is 0 Å². The van der Waals surface area contributed by atoms with Crippen LogP contribution in [-0.2, 0) is 6.54 Å². The van der Waals surface area contributed by atoms with E-state index in [1.165, 1.54) is 11.1 Å². The summed E-state index contributed by atoms with van der Waals surface area (Å²) >= 11 is 0. The molecule has 0 saturated carbocycles. The molecule has 1 fully saturated rings. The van der Waals surface area contributed by atoms with Gasteiger partial charge in [-0.3, -0.25) is 4.90 Å². The van der Waals surface area contributed by atoms with Gasteiger partial charge in [0, 0.05) is 43.4 Å². The maximum atomic E-state index is 5.41. The lowest BCUT2D eigenvalue weighted by atomic mass is 10.0. The molecule has 0 amide bonds. The minimum Gasteiger partial charge on any atom is -0.367 e. The van der Waals surface area contributed by atoms with Crippen molar-refractivity contribution in [2.24, 2.45) is 0 Å². The quantitative estimate of drug-likeness (QED) is 0.660. The molecule has 3 aromatic rings. The average Bonchev–Trinajstić information content (AvgIpc) is 3.22. The molecule has 0 radical (unpaired) electrons. The van der Waals surface area contributed by atoms with Gasteiger partial charge in [-0.1, -0.05) is 43.3 Å². The van der Waals surface area contributed by atoms with E-state index in [1.54, 1.807) is 6.20 Å². The third-order valence-electron chi connectivity index (χ3n) is 5.56. The van der Waals surface area contributed by atoms with Crippen molar-refractivity contribution >= 4 is 5.82 Å². The average molecular weight is 392 g/mol. The van der Waals surface area contributed by atoms with Gasteiger partial charge in [-0.15, -0.1) is 0 Å². The van der Waals surface area contributed by atoms with E-state index in [0.29, 0.717) is 11.9 Å². The predicted molar refractivity (Wildman–Crippen MR) is 115 cm³/mol. The van der Waals surface area contributed by atoms with Crippen LogP contribution in [0.4, 0.5) is 5.82 Å². The van der Waals surface area contributed by atoms with Gasteiger partial charge in [-0.05, 0) is 43.0 Å². The molecule has 0 spiro atoms. The summed E-state index contributed by atoms with van der Waals surface area (Å²) < 4.78 is 5.41. The lowest BCUT2D eigenvalue weighted by Crippen LogP contribution is -2.38. The van der Waals surface area contributed by atoms with E-state index in [4.69, 9.17) is 4.52 Å². The molecule has 0 unspecified atom stereocenters. The zero-order valence-corrected chi connectivity index (χ0v) is 17.4.